The van der Waals surface area contributed by atoms with Crippen molar-refractivity contribution in [1.29, 1.82) is 0 Å². The van der Waals surface area contributed by atoms with E-state index in [0.29, 0.717) is 30.9 Å². The van der Waals surface area contributed by atoms with E-state index >= 15 is 0 Å². The molecule has 4 rings (SSSR count). The van der Waals surface area contributed by atoms with Gasteiger partial charge in [-0.15, -0.1) is 5.06 Å². The van der Waals surface area contributed by atoms with Crippen LogP contribution in [0, 0.1) is 5.41 Å². The van der Waals surface area contributed by atoms with E-state index in [0.717, 1.165) is 11.1 Å². The molecule has 9 heteroatoms. The quantitative estimate of drug-likeness (QED) is 0.552. The number of imide groups is 1. The molecule has 2 aromatic rings. The monoisotopic (exact) mass is 505 g/mol. The summed E-state index contributed by atoms with van der Waals surface area (Å²) in [4.78, 5) is 69.6. The molecule has 2 saturated heterocycles. The summed E-state index contributed by atoms with van der Waals surface area (Å²) in [7, 11) is 0. The second kappa shape index (κ2) is 11.4. The third kappa shape index (κ3) is 6.22. The third-order valence-corrected chi connectivity index (χ3v) is 7.07. The SMILES string of the molecule is CC(=O)C1(Cc2ccccc2)CCCN(C(=O)C(Cc2ccccc2)NC(=O)ON2C(=O)CCC2=O)C1. The van der Waals surface area contributed by atoms with Gasteiger partial charge in [-0.2, -0.15) is 0 Å². The van der Waals surface area contributed by atoms with E-state index in [4.69, 9.17) is 4.84 Å². The number of ketones is 1. The number of amides is 4. The van der Waals surface area contributed by atoms with Gasteiger partial charge in [0, 0.05) is 32.4 Å². The molecule has 1 N–H and O–H groups in total. The highest BCUT2D eigenvalue weighted by atomic mass is 16.7. The minimum Gasteiger partial charge on any atom is -0.340 e. The Morgan fingerprint density at radius 3 is 2.14 bits per heavy atom. The average Bonchev–Trinajstić information content (AvgIpc) is 3.21. The van der Waals surface area contributed by atoms with Crippen LogP contribution in [-0.4, -0.2) is 58.7 Å². The Morgan fingerprint density at radius 2 is 1.54 bits per heavy atom. The van der Waals surface area contributed by atoms with Gasteiger partial charge in [0.2, 0.25) is 5.91 Å². The summed E-state index contributed by atoms with van der Waals surface area (Å²) in [5.74, 6) is -1.53. The van der Waals surface area contributed by atoms with Gasteiger partial charge < -0.3 is 15.1 Å². The Bertz CT molecular complexity index is 1150. The molecule has 2 aliphatic heterocycles. The van der Waals surface area contributed by atoms with Gasteiger partial charge in [0.05, 0.1) is 5.41 Å². The van der Waals surface area contributed by atoms with Crippen molar-refractivity contribution >= 4 is 29.6 Å². The van der Waals surface area contributed by atoms with Crippen LogP contribution in [0.3, 0.4) is 0 Å². The van der Waals surface area contributed by atoms with Gasteiger partial charge in [-0.25, -0.2) is 4.79 Å². The topological polar surface area (TPSA) is 113 Å². The molecule has 2 aromatic carbocycles. The van der Waals surface area contributed by atoms with Crippen molar-refractivity contribution in [3.8, 4) is 0 Å². The molecule has 0 spiro atoms. The van der Waals surface area contributed by atoms with Gasteiger partial charge in [0.15, 0.2) is 0 Å². The standard InChI is InChI=1S/C28H31N3O6/c1-20(32)28(18-22-11-6-3-7-12-22)15-8-16-30(19-28)26(35)23(17-21-9-4-2-5-10-21)29-27(36)37-31-24(33)13-14-25(31)34/h2-7,9-12,23H,8,13-19H2,1H3,(H,29,36). The van der Waals surface area contributed by atoms with E-state index in [9.17, 15) is 24.0 Å². The molecule has 0 aliphatic carbocycles. The van der Waals surface area contributed by atoms with E-state index in [1.165, 1.54) is 0 Å². The number of nitrogens with one attached hydrogen (secondary N) is 1. The molecule has 2 fully saturated rings. The fraction of sp³-hybridized carbons (Fsp3) is 0.393. The lowest BCUT2D eigenvalue weighted by molar-refractivity contribution is -0.171. The number of hydroxylamine groups is 2. The predicted molar refractivity (Wildman–Crippen MR) is 134 cm³/mol. The molecule has 2 aliphatic rings. The maximum atomic E-state index is 13.8. The van der Waals surface area contributed by atoms with Crippen molar-refractivity contribution in [2.24, 2.45) is 5.41 Å². The zero-order valence-electron chi connectivity index (χ0n) is 20.9. The predicted octanol–water partition coefficient (Wildman–Crippen LogP) is 2.83. The summed E-state index contributed by atoms with van der Waals surface area (Å²) >= 11 is 0. The largest absolute Gasteiger partial charge is 0.432 e. The second-order valence-electron chi connectivity index (χ2n) is 9.71. The van der Waals surface area contributed by atoms with Crippen molar-refractivity contribution < 1.29 is 28.8 Å². The molecule has 0 radical (unpaired) electrons. The van der Waals surface area contributed by atoms with E-state index in [-0.39, 0.29) is 37.5 Å². The van der Waals surface area contributed by atoms with Crippen molar-refractivity contribution in [3.63, 3.8) is 0 Å². The van der Waals surface area contributed by atoms with Crippen molar-refractivity contribution in [3.05, 3.63) is 71.8 Å². The average molecular weight is 506 g/mol. The Kier molecular flexibility index (Phi) is 8.01. The maximum absolute atomic E-state index is 13.8. The molecule has 2 heterocycles. The van der Waals surface area contributed by atoms with Gasteiger partial charge in [-0.3, -0.25) is 19.2 Å². The summed E-state index contributed by atoms with van der Waals surface area (Å²) in [6.07, 6.45) is 0.902. The number of rotatable bonds is 8. The van der Waals surface area contributed by atoms with E-state index in [1.54, 1.807) is 11.8 Å². The summed E-state index contributed by atoms with van der Waals surface area (Å²) in [6.45, 7) is 2.26. The van der Waals surface area contributed by atoms with Crippen LogP contribution >= 0.6 is 0 Å². The fourth-order valence-corrected chi connectivity index (χ4v) is 5.04. The summed E-state index contributed by atoms with van der Waals surface area (Å²) in [5, 5.41) is 3.00. The fourth-order valence-electron chi connectivity index (χ4n) is 5.04. The van der Waals surface area contributed by atoms with Crippen LogP contribution in [0.4, 0.5) is 4.79 Å². The van der Waals surface area contributed by atoms with E-state index in [2.05, 4.69) is 5.32 Å². The number of nitrogens with zero attached hydrogens (tertiary/aromatic N) is 2. The Hall–Kier alpha value is -4.01. The van der Waals surface area contributed by atoms with E-state index < -0.39 is 29.4 Å². The number of hydrogen-bond acceptors (Lipinski definition) is 6. The van der Waals surface area contributed by atoms with Gasteiger partial charge >= 0.3 is 6.09 Å². The highest BCUT2D eigenvalue weighted by Crippen LogP contribution is 2.35. The van der Waals surface area contributed by atoms with Crippen LogP contribution in [0.2, 0.25) is 0 Å². The zero-order chi connectivity index (χ0) is 26.4. The third-order valence-electron chi connectivity index (χ3n) is 7.07. The molecular formula is C28H31N3O6. The molecular weight excluding hydrogens is 474 g/mol. The van der Waals surface area contributed by atoms with E-state index in [1.807, 2.05) is 60.7 Å². The van der Waals surface area contributed by atoms with Crippen molar-refractivity contribution in [2.75, 3.05) is 13.1 Å². The smallest absolute Gasteiger partial charge is 0.340 e. The summed E-state index contributed by atoms with van der Waals surface area (Å²) < 4.78 is 0. The normalized spacial score (nSPS) is 20.5. The zero-order valence-corrected chi connectivity index (χ0v) is 20.9. The van der Waals surface area contributed by atoms with Crippen LogP contribution in [0.1, 0.15) is 43.7 Å². The van der Waals surface area contributed by atoms with Crippen molar-refractivity contribution in [1.82, 2.24) is 15.3 Å². The number of benzene rings is 2. The number of Topliss-reactive ketones (excluding diaryl/α,β-unsaturated/α-hetero) is 1. The molecule has 0 aromatic heterocycles. The number of piperidine rings is 1. The Labute approximate surface area is 215 Å². The summed E-state index contributed by atoms with van der Waals surface area (Å²) in [6, 6.07) is 17.9. The molecule has 2 unspecified atom stereocenters. The number of hydrogen-bond donors (Lipinski definition) is 1. The van der Waals surface area contributed by atoms with Gasteiger partial charge in [0.25, 0.3) is 11.8 Å². The van der Waals surface area contributed by atoms with Gasteiger partial charge in [-0.05, 0) is 37.3 Å². The lowest BCUT2D eigenvalue weighted by Crippen LogP contribution is -2.56. The molecule has 0 saturated carbocycles. The molecule has 4 amide bonds. The lowest BCUT2D eigenvalue weighted by atomic mass is 9.72. The van der Waals surface area contributed by atoms with Crippen LogP contribution in [-0.2, 0) is 36.9 Å². The Balaban J connectivity index is 1.53. The number of carbonyl (C=O) groups excluding carboxylic acids is 5. The molecule has 37 heavy (non-hydrogen) atoms. The maximum Gasteiger partial charge on any atom is 0.432 e. The molecule has 0 bridgehead atoms. The van der Waals surface area contributed by atoms with Crippen molar-refractivity contribution in [2.45, 2.75) is 51.5 Å². The highest BCUT2D eigenvalue weighted by molar-refractivity contribution is 6.01. The minimum atomic E-state index is -1.06. The molecule has 2 atom stereocenters. The Morgan fingerprint density at radius 1 is 0.946 bits per heavy atom. The first-order valence-electron chi connectivity index (χ1n) is 12.5. The summed E-state index contributed by atoms with van der Waals surface area (Å²) in [5.41, 5.74) is 1.12. The van der Waals surface area contributed by atoms with Gasteiger partial charge in [0.1, 0.15) is 11.8 Å². The minimum absolute atomic E-state index is 0.0203. The van der Waals surface area contributed by atoms with Crippen LogP contribution in [0.15, 0.2) is 60.7 Å². The number of likely N-dealkylation sites (tertiary alicyclic amines) is 1. The van der Waals surface area contributed by atoms with Crippen LogP contribution in [0.25, 0.3) is 0 Å². The first kappa shape index (κ1) is 26.1. The number of carbonyl (C=O) groups is 5. The lowest BCUT2D eigenvalue weighted by Gasteiger charge is -2.42. The van der Waals surface area contributed by atoms with Crippen LogP contribution in [0.5, 0.6) is 0 Å². The molecule has 194 valence electrons. The second-order valence-corrected chi connectivity index (χ2v) is 9.71. The van der Waals surface area contributed by atoms with Crippen LogP contribution < -0.4 is 5.32 Å². The first-order chi connectivity index (χ1) is 17.8. The van der Waals surface area contributed by atoms with Gasteiger partial charge in [-0.1, -0.05) is 60.7 Å². The molecule has 9 nitrogen and oxygen atoms in total. The highest BCUT2D eigenvalue weighted by Gasteiger charge is 2.43. The first-order valence-corrected chi connectivity index (χ1v) is 12.5.